The zero-order chi connectivity index (χ0) is 12.7. The van der Waals surface area contributed by atoms with E-state index in [1.165, 1.54) is 0 Å². The highest BCUT2D eigenvalue weighted by Crippen LogP contribution is 2.34. The molecule has 0 fully saturated rings. The molecule has 1 aliphatic heterocycles. The molecule has 18 heavy (non-hydrogen) atoms. The maximum atomic E-state index is 12.3. The highest BCUT2D eigenvalue weighted by atomic mass is 16.2. The van der Waals surface area contributed by atoms with Gasteiger partial charge in [-0.1, -0.05) is 12.1 Å². The van der Waals surface area contributed by atoms with Crippen molar-refractivity contribution in [2.75, 3.05) is 17.2 Å². The first-order valence-electron chi connectivity index (χ1n) is 5.75. The fourth-order valence-corrected chi connectivity index (χ4v) is 2.25. The summed E-state index contributed by atoms with van der Waals surface area (Å²) >= 11 is 0. The number of carbonyl (C=O) groups is 1. The molecular formula is C12H13N5O. The number of benzene rings is 1. The number of fused-ring (bicyclic) bond motifs is 1. The third-order valence-electron chi connectivity index (χ3n) is 3.06. The van der Waals surface area contributed by atoms with Gasteiger partial charge in [0.15, 0.2) is 0 Å². The number of carbonyl (C=O) groups excluding carboxylic acids is 1. The normalized spacial score (nSPS) is 13.7. The molecule has 6 heteroatoms. The summed E-state index contributed by atoms with van der Waals surface area (Å²) in [6.07, 6.45) is 0.815. The van der Waals surface area contributed by atoms with E-state index >= 15 is 0 Å². The molecule has 2 aromatic rings. The van der Waals surface area contributed by atoms with Crippen LogP contribution in [-0.4, -0.2) is 27.6 Å². The number of H-pyrrole nitrogens is 1. The number of hydrogen-bond donors (Lipinski definition) is 2. The lowest BCUT2D eigenvalue weighted by Gasteiger charge is -2.16. The highest BCUT2D eigenvalue weighted by molar-refractivity contribution is 6.06. The lowest BCUT2D eigenvalue weighted by molar-refractivity contribution is 0.0980. The van der Waals surface area contributed by atoms with Gasteiger partial charge in [0.25, 0.3) is 5.91 Å². The van der Waals surface area contributed by atoms with Crippen molar-refractivity contribution in [3.05, 3.63) is 35.4 Å². The maximum absolute atomic E-state index is 12.3. The minimum Gasteiger partial charge on any atom is -0.397 e. The third kappa shape index (κ3) is 1.54. The second-order valence-corrected chi connectivity index (χ2v) is 4.31. The molecule has 6 nitrogen and oxygen atoms in total. The molecule has 1 amide bonds. The molecule has 0 radical (unpaired) electrons. The number of nitrogen functional groups attached to an aromatic ring is 1. The number of aromatic nitrogens is 3. The molecule has 1 aromatic heterocycles. The highest BCUT2D eigenvalue weighted by Gasteiger charge is 2.29. The average Bonchev–Trinajstić information content (AvgIpc) is 2.95. The number of anilines is 2. The lowest BCUT2D eigenvalue weighted by atomic mass is 10.1. The third-order valence-corrected chi connectivity index (χ3v) is 3.06. The maximum Gasteiger partial charge on any atom is 0.298 e. The molecule has 0 aliphatic carbocycles. The first kappa shape index (κ1) is 10.8. The predicted molar refractivity (Wildman–Crippen MR) is 67.4 cm³/mol. The fraction of sp³-hybridized carbons (Fsp3) is 0.250. The molecule has 0 atom stereocenters. The Labute approximate surface area is 104 Å². The quantitative estimate of drug-likeness (QED) is 0.728. The number of hydrogen-bond acceptors (Lipinski definition) is 4. The van der Waals surface area contributed by atoms with Gasteiger partial charge in [-0.15, -0.1) is 5.10 Å². The topological polar surface area (TPSA) is 87.9 Å². The van der Waals surface area contributed by atoms with E-state index in [0.29, 0.717) is 18.1 Å². The van der Waals surface area contributed by atoms with Crippen LogP contribution in [0.15, 0.2) is 18.2 Å². The molecule has 3 rings (SSSR count). The van der Waals surface area contributed by atoms with Crippen LogP contribution < -0.4 is 10.6 Å². The summed E-state index contributed by atoms with van der Waals surface area (Å²) in [7, 11) is 0. The summed E-state index contributed by atoms with van der Waals surface area (Å²) in [5, 5.41) is 6.57. The standard InChI is InChI=1S/C12H13N5O/c1-7-14-11(16-15-7)12(18)17-6-5-8-3-2-4-9(13)10(8)17/h2-4H,5-6,13H2,1H3,(H,14,15,16). The summed E-state index contributed by atoms with van der Waals surface area (Å²) in [5.74, 6) is 0.596. The van der Waals surface area contributed by atoms with Crippen molar-refractivity contribution >= 4 is 17.3 Å². The molecule has 0 bridgehead atoms. The van der Waals surface area contributed by atoms with Gasteiger partial charge in [0.05, 0.1) is 11.4 Å². The summed E-state index contributed by atoms with van der Waals surface area (Å²) in [6.45, 7) is 2.38. The minimum absolute atomic E-state index is 0.184. The minimum atomic E-state index is -0.212. The van der Waals surface area contributed by atoms with Crippen LogP contribution in [0.1, 0.15) is 22.0 Å². The molecule has 0 saturated carbocycles. The van der Waals surface area contributed by atoms with Gasteiger partial charge in [-0.2, -0.15) is 0 Å². The zero-order valence-corrected chi connectivity index (χ0v) is 9.97. The molecule has 0 saturated heterocycles. The van der Waals surface area contributed by atoms with Crippen molar-refractivity contribution in [1.29, 1.82) is 0 Å². The first-order chi connectivity index (χ1) is 8.66. The van der Waals surface area contributed by atoms with Gasteiger partial charge in [-0.3, -0.25) is 9.89 Å². The van der Waals surface area contributed by atoms with E-state index < -0.39 is 0 Å². The van der Waals surface area contributed by atoms with E-state index in [9.17, 15) is 4.79 Å². The molecule has 2 heterocycles. The van der Waals surface area contributed by atoms with Crippen LogP contribution >= 0.6 is 0 Å². The SMILES string of the molecule is Cc1nc(C(=O)N2CCc3cccc(N)c32)n[nH]1. The summed E-state index contributed by atoms with van der Waals surface area (Å²) in [6, 6.07) is 5.69. The summed E-state index contributed by atoms with van der Waals surface area (Å²) in [5.41, 5.74) is 8.45. The number of aromatic amines is 1. The van der Waals surface area contributed by atoms with E-state index in [0.717, 1.165) is 17.7 Å². The van der Waals surface area contributed by atoms with Crippen molar-refractivity contribution in [3.63, 3.8) is 0 Å². The molecule has 3 N–H and O–H groups in total. The van der Waals surface area contributed by atoms with Gasteiger partial charge in [0, 0.05) is 6.54 Å². The summed E-state index contributed by atoms with van der Waals surface area (Å²) in [4.78, 5) is 18.0. The van der Waals surface area contributed by atoms with Crippen LogP contribution in [0.2, 0.25) is 0 Å². The Morgan fingerprint density at radius 1 is 1.50 bits per heavy atom. The number of aryl methyl sites for hydroxylation is 1. The molecule has 0 spiro atoms. The average molecular weight is 243 g/mol. The Hall–Kier alpha value is -2.37. The largest absolute Gasteiger partial charge is 0.397 e. The second kappa shape index (κ2) is 3.83. The van der Waals surface area contributed by atoms with Crippen molar-refractivity contribution in [2.45, 2.75) is 13.3 Å². The van der Waals surface area contributed by atoms with Gasteiger partial charge < -0.3 is 10.6 Å². The van der Waals surface area contributed by atoms with Crippen molar-refractivity contribution in [1.82, 2.24) is 15.2 Å². The van der Waals surface area contributed by atoms with Crippen LogP contribution in [0.4, 0.5) is 11.4 Å². The van der Waals surface area contributed by atoms with E-state index in [1.807, 2.05) is 12.1 Å². The Morgan fingerprint density at radius 2 is 2.33 bits per heavy atom. The number of nitrogens with one attached hydrogen (secondary N) is 1. The Morgan fingerprint density at radius 3 is 3.06 bits per heavy atom. The van der Waals surface area contributed by atoms with Crippen LogP contribution in [0.25, 0.3) is 0 Å². The van der Waals surface area contributed by atoms with Gasteiger partial charge in [0.1, 0.15) is 5.82 Å². The number of nitrogens with two attached hydrogens (primary N) is 1. The first-order valence-corrected chi connectivity index (χ1v) is 5.75. The van der Waals surface area contributed by atoms with Crippen molar-refractivity contribution in [3.8, 4) is 0 Å². The Kier molecular flexibility index (Phi) is 2.29. The van der Waals surface area contributed by atoms with Gasteiger partial charge in [-0.25, -0.2) is 4.98 Å². The van der Waals surface area contributed by atoms with E-state index in [4.69, 9.17) is 5.73 Å². The molecule has 92 valence electrons. The zero-order valence-electron chi connectivity index (χ0n) is 9.97. The van der Waals surface area contributed by atoms with Crippen LogP contribution in [0, 0.1) is 6.92 Å². The van der Waals surface area contributed by atoms with Crippen LogP contribution in [-0.2, 0) is 6.42 Å². The number of rotatable bonds is 1. The van der Waals surface area contributed by atoms with Crippen molar-refractivity contribution in [2.24, 2.45) is 0 Å². The van der Waals surface area contributed by atoms with E-state index in [-0.39, 0.29) is 11.7 Å². The van der Waals surface area contributed by atoms with E-state index in [2.05, 4.69) is 15.2 Å². The smallest absolute Gasteiger partial charge is 0.298 e. The lowest BCUT2D eigenvalue weighted by Crippen LogP contribution is -2.30. The molecule has 1 aliphatic rings. The van der Waals surface area contributed by atoms with Crippen LogP contribution in [0.3, 0.4) is 0 Å². The van der Waals surface area contributed by atoms with Gasteiger partial charge in [0.2, 0.25) is 5.82 Å². The van der Waals surface area contributed by atoms with Gasteiger partial charge in [-0.05, 0) is 25.0 Å². The Balaban J connectivity index is 2.00. The second-order valence-electron chi connectivity index (χ2n) is 4.31. The molecule has 1 aromatic carbocycles. The van der Waals surface area contributed by atoms with E-state index in [1.54, 1.807) is 17.9 Å². The van der Waals surface area contributed by atoms with Crippen LogP contribution in [0.5, 0.6) is 0 Å². The molecule has 0 unspecified atom stereocenters. The van der Waals surface area contributed by atoms with Crippen molar-refractivity contribution < 1.29 is 4.79 Å². The monoisotopic (exact) mass is 243 g/mol. The number of nitrogens with zero attached hydrogens (tertiary/aromatic N) is 3. The fourth-order valence-electron chi connectivity index (χ4n) is 2.25. The Bertz CT molecular complexity index is 619. The number of amides is 1. The summed E-state index contributed by atoms with van der Waals surface area (Å²) < 4.78 is 0. The predicted octanol–water partition coefficient (Wildman–Crippen LogP) is 0.898. The van der Waals surface area contributed by atoms with Gasteiger partial charge >= 0.3 is 0 Å². The number of para-hydroxylation sites is 1. The molecular weight excluding hydrogens is 230 g/mol.